The third-order valence-corrected chi connectivity index (χ3v) is 6.55. The van der Waals surface area contributed by atoms with Crippen LogP contribution in [0.1, 0.15) is 53.7 Å². The van der Waals surface area contributed by atoms with Gasteiger partial charge in [-0.25, -0.2) is 4.68 Å². The average molecular weight is 408 g/mol. The van der Waals surface area contributed by atoms with Gasteiger partial charge in [0.15, 0.2) is 0 Å². The molecule has 1 N–H and O–H groups in total. The zero-order valence-corrected chi connectivity index (χ0v) is 17.5. The lowest BCUT2D eigenvalue weighted by Gasteiger charge is -2.19. The minimum Gasteiger partial charge on any atom is -0.325 e. The molecular weight excluding hydrogens is 382 g/mol. The van der Waals surface area contributed by atoms with E-state index in [1.807, 2.05) is 67.1 Å². The monoisotopic (exact) mass is 407 g/mol. The van der Waals surface area contributed by atoms with Crippen LogP contribution in [0.5, 0.6) is 0 Å². The molecule has 1 aliphatic carbocycles. The number of nitrogens with one attached hydrogen (secondary N) is 1. The molecule has 1 fully saturated rings. The predicted octanol–water partition coefficient (Wildman–Crippen LogP) is 4.88. The van der Waals surface area contributed by atoms with Gasteiger partial charge in [-0.3, -0.25) is 4.79 Å². The maximum Gasteiger partial charge on any atom is 0.242 e. The number of nitrogens with zero attached hydrogens (tertiary/aromatic N) is 4. The Balaban J connectivity index is 1.62. The number of aromatic nitrogens is 4. The first-order valence-corrected chi connectivity index (χ1v) is 10.9. The molecule has 1 heterocycles. The number of benzene rings is 2. The molecule has 0 saturated heterocycles. The van der Waals surface area contributed by atoms with Gasteiger partial charge in [0.1, 0.15) is 5.25 Å². The first-order valence-electron chi connectivity index (χ1n) is 9.99. The molecule has 0 aliphatic heterocycles. The van der Waals surface area contributed by atoms with Crippen molar-refractivity contribution in [1.82, 2.24) is 20.2 Å². The number of amides is 1. The van der Waals surface area contributed by atoms with Crippen LogP contribution >= 0.6 is 11.8 Å². The largest absolute Gasteiger partial charge is 0.325 e. The van der Waals surface area contributed by atoms with Crippen LogP contribution in [0.25, 0.3) is 0 Å². The minimum absolute atomic E-state index is 0.0733. The Hall–Kier alpha value is -2.67. The van der Waals surface area contributed by atoms with E-state index in [0.29, 0.717) is 11.2 Å². The maximum absolute atomic E-state index is 13.3. The summed E-state index contributed by atoms with van der Waals surface area (Å²) < 4.78 is 1.90. The van der Waals surface area contributed by atoms with Crippen molar-refractivity contribution in [3.63, 3.8) is 0 Å². The smallest absolute Gasteiger partial charge is 0.242 e. The summed E-state index contributed by atoms with van der Waals surface area (Å²) in [6, 6.07) is 16.2. The number of carbonyl (C=O) groups is 1. The van der Waals surface area contributed by atoms with E-state index in [9.17, 15) is 4.79 Å². The lowest BCUT2D eigenvalue weighted by molar-refractivity contribution is -0.115. The predicted molar refractivity (Wildman–Crippen MR) is 115 cm³/mol. The summed E-state index contributed by atoms with van der Waals surface area (Å²) in [7, 11) is 0. The van der Waals surface area contributed by atoms with Gasteiger partial charge in [-0.05, 0) is 59.9 Å². The average Bonchev–Trinajstić information content (AvgIpc) is 3.41. The number of thioether (sulfide) groups is 1. The van der Waals surface area contributed by atoms with Crippen LogP contribution < -0.4 is 5.32 Å². The van der Waals surface area contributed by atoms with Crippen LogP contribution in [-0.4, -0.2) is 26.1 Å². The molecule has 1 amide bonds. The van der Waals surface area contributed by atoms with Crippen LogP contribution in [0.15, 0.2) is 53.7 Å². The lowest BCUT2D eigenvalue weighted by atomic mass is 10.1. The van der Waals surface area contributed by atoms with E-state index in [2.05, 4.69) is 20.8 Å². The Bertz CT molecular complexity index is 982. The Kier molecular flexibility index (Phi) is 5.94. The molecule has 6 nitrogen and oxygen atoms in total. The SMILES string of the molecule is Cc1ccc(C)c(NC(=O)[C@@H](Sc2nnnn2C2CCCC2)c2ccccc2)c1. The minimum atomic E-state index is -0.442. The highest BCUT2D eigenvalue weighted by molar-refractivity contribution is 8.00. The van der Waals surface area contributed by atoms with E-state index in [1.54, 1.807) is 0 Å². The van der Waals surface area contributed by atoms with Crippen molar-refractivity contribution in [3.05, 3.63) is 65.2 Å². The van der Waals surface area contributed by atoms with Crippen LogP contribution in [0, 0.1) is 13.8 Å². The zero-order valence-electron chi connectivity index (χ0n) is 16.7. The summed E-state index contributed by atoms with van der Waals surface area (Å²) in [5.41, 5.74) is 3.92. The molecule has 29 heavy (non-hydrogen) atoms. The molecule has 0 spiro atoms. The van der Waals surface area contributed by atoms with Gasteiger partial charge >= 0.3 is 0 Å². The van der Waals surface area contributed by atoms with Crippen molar-refractivity contribution in [2.75, 3.05) is 5.32 Å². The fraction of sp³-hybridized carbons (Fsp3) is 0.364. The van der Waals surface area contributed by atoms with E-state index >= 15 is 0 Å². The molecule has 3 aromatic rings. The van der Waals surface area contributed by atoms with Crippen molar-refractivity contribution >= 4 is 23.4 Å². The summed E-state index contributed by atoms with van der Waals surface area (Å²) in [6.45, 7) is 4.02. The number of tetrazole rings is 1. The molecule has 4 rings (SSSR count). The number of hydrogen-bond donors (Lipinski definition) is 1. The van der Waals surface area contributed by atoms with Gasteiger partial charge in [0.2, 0.25) is 11.1 Å². The second kappa shape index (κ2) is 8.78. The van der Waals surface area contributed by atoms with Crippen LogP contribution in [-0.2, 0) is 4.79 Å². The second-order valence-corrected chi connectivity index (χ2v) is 8.63. The fourth-order valence-electron chi connectivity index (χ4n) is 3.72. The van der Waals surface area contributed by atoms with E-state index in [1.165, 1.54) is 24.6 Å². The van der Waals surface area contributed by atoms with Gasteiger partial charge in [0, 0.05) is 5.69 Å². The number of hydrogen-bond acceptors (Lipinski definition) is 5. The van der Waals surface area contributed by atoms with E-state index in [4.69, 9.17) is 0 Å². The van der Waals surface area contributed by atoms with Gasteiger partial charge < -0.3 is 5.32 Å². The maximum atomic E-state index is 13.3. The molecule has 1 atom stereocenters. The highest BCUT2D eigenvalue weighted by Crippen LogP contribution is 2.38. The molecule has 0 unspecified atom stereocenters. The molecule has 1 aliphatic rings. The highest BCUT2D eigenvalue weighted by Gasteiger charge is 2.28. The summed E-state index contributed by atoms with van der Waals surface area (Å²) in [5.74, 6) is -0.0733. The Morgan fingerprint density at radius 2 is 1.90 bits per heavy atom. The molecule has 1 saturated carbocycles. The van der Waals surface area contributed by atoms with Crippen LogP contribution in [0.3, 0.4) is 0 Å². The standard InChI is InChI=1S/C22H25N5OS/c1-15-12-13-16(2)19(14-15)23-21(28)20(17-8-4-3-5-9-17)29-22-24-25-26-27(22)18-10-6-7-11-18/h3-5,8-9,12-14,18,20H,6-7,10-11H2,1-2H3,(H,23,28)/t20-/m0/s1. The van der Waals surface area contributed by atoms with Gasteiger partial charge in [0.05, 0.1) is 6.04 Å². The molecule has 150 valence electrons. The quantitative estimate of drug-likeness (QED) is 0.590. The second-order valence-electron chi connectivity index (χ2n) is 7.56. The summed E-state index contributed by atoms with van der Waals surface area (Å²) >= 11 is 1.41. The third kappa shape index (κ3) is 4.50. The van der Waals surface area contributed by atoms with Crippen LogP contribution in [0.4, 0.5) is 5.69 Å². The molecule has 0 bridgehead atoms. The Labute approximate surface area is 175 Å². The Morgan fingerprint density at radius 3 is 2.66 bits per heavy atom. The van der Waals surface area contributed by atoms with Gasteiger partial charge in [0.25, 0.3) is 0 Å². The van der Waals surface area contributed by atoms with E-state index < -0.39 is 5.25 Å². The summed E-state index contributed by atoms with van der Waals surface area (Å²) in [4.78, 5) is 13.3. The van der Waals surface area contributed by atoms with Crippen molar-refractivity contribution < 1.29 is 4.79 Å². The molecular formula is C22H25N5OS. The third-order valence-electron chi connectivity index (χ3n) is 5.35. The van der Waals surface area contributed by atoms with Crippen molar-refractivity contribution in [2.24, 2.45) is 0 Å². The highest BCUT2D eigenvalue weighted by atomic mass is 32.2. The number of rotatable bonds is 6. The number of anilines is 1. The first kappa shape index (κ1) is 19.6. The van der Waals surface area contributed by atoms with Gasteiger partial charge in [-0.1, -0.05) is 67.1 Å². The van der Waals surface area contributed by atoms with Crippen molar-refractivity contribution in [2.45, 2.75) is 56.0 Å². The van der Waals surface area contributed by atoms with Crippen molar-refractivity contribution in [1.29, 1.82) is 0 Å². The number of carbonyl (C=O) groups excluding carboxylic acids is 1. The van der Waals surface area contributed by atoms with E-state index in [0.717, 1.165) is 35.2 Å². The van der Waals surface area contributed by atoms with Gasteiger partial charge in [-0.15, -0.1) is 5.10 Å². The van der Waals surface area contributed by atoms with Gasteiger partial charge in [-0.2, -0.15) is 0 Å². The van der Waals surface area contributed by atoms with Crippen LogP contribution in [0.2, 0.25) is 0 Å². The zero-order chi connectivity index (χ0) is 20.2. The molecule has 1 aromatic heterocycles. The summed E-state index contributed by atoms with van der Waals surface area (Å²) in [5, 5.41) is 15.7. The Morgan fingerprint density at radius 1 is 1.14 bits per heavy atom. The topological polar surface area (TPSA) is 72.7 Å². The normalized spacial score (nSPS) is 15.4. The van der Waals surface area contributed by atoms with Crippen molar-refractivity contribution in [3.8, 4) is 0 Å². The molecule has 2 aromatic carbocycles. The fourth-order valence-corrected chi connectivity index (χ4v) is 4.76. The molecule has 0 radical (unpaired) electrons. The first-order chi connectivity index (χ1) is 14.1. The lowest BCUT2D eigenvalue weighted by Crippen LogP contribution is -2.20. The number of aryl methyl sites for hydroxylation is 2. The molecule has 7 heteroatoms. The van der Waals surface area contributed by atoms with E-state index in [-0.39, 0.29) is 5.91 Å². The summed E-state index contributed by atoms with van der Waals surface area (Å²) in [6.07, 6.45) is 4.57.